The molecule has 110 valence electrons. The van der Waals surface area contributed by atoms with Crippen molar-refractivity contribution >= 4 is 34.9 Å². The maximum atomic E-state index is 13.5. The van der Waals surface area contributed by atoms with Gasteiger partial charge in [-0.1, -0.05) is 25.4 Å². The third kappa shape index (κ3) is 3.59. The molecule has 0 amide bonds. The zero-order valence-corrected chi connectivity index (χ0v) is 13.2. The van der Waals surface area contributed by atoms with Crippen molar-refractivity contribution in [3.63, 3.8) is 0 Å². The Labute approximate surface area is 127 Å². The molecular weight excluding hydrogens is 299 g/mol. The van der Waals surface area contributed by atoms with Crippen molar-refractivity contribution in [2.45, 2.75) is 26.8 Å². The number of nitrogens with one attached hydrogen (secondary N) is 1. The van der Waals surface area contributed by atoms with Gasteiger partial charge in [-0.25, -0.2) is 4.39 Å². The average Bonchev–Trinajstić information content (AvgIpc) is 2.65. The lowest BCUT2D eigenvalue weighted by Crippen LogP contribution is -2.08. The lowest BCUT2D eigenvalue weighted by Gasteiger charge is -2.08. The molecule has 0 unspecified atom stereocenters. The molecule has 0 saturated carbocycles. The van der Waals surface area contributed by atoms with Crippen LogP contribution in [0.5, 0.6) is 0 Å². The smallest absolute Gasteiger partial charge is 0.178 e. The Hall–Kier alpha value is -0.910. The summed E-state index contributed by atoms with van der Waals surface area (Å²) >= 11 is 11.0. The Kier molecular flexibility index (Phi) is 5.18. The number of imidazole rings is 1. The van der Waals surface area contributed by atoms with Gasteiger partial charge in [0.25, 0.3) is 0 Å². The minimum atomic E-state index is -0.442. The van der Waals surface area contributed by atoms with Crippen LogP contribution in [0.1, 0.15) is 20.3 Å². The summed E-state index contributed by atoms with van der Waals surface area (Å²) in [6.45, 7) is 6.20. The predicted molar refractivity (Wildman–Crippen MR) is 82.4 cm³/mol. The highest BCUT2D eigenvalue weighted by Gasteiger charge is 2.09. The zero-order valence-electron chi connectivity index (χ0n) is 11.6. The molecule has 1 heterocycles. The van der Waals surface area contributed by atoms with Gasteiger partial charge < -0.3 is 14.3 Å². The third-order valence-electron chi connectivity index (χ3n) is 3.11. The molecular formula is C14H18ClFN2OS. The normalized spacial score (nSPS) is 11.7. The van der Waals surface area contributed by atoms with E-state index in [9.17, 15) is 4.39 Å². The monoisotopic (exact) mass is 316 g/mol. The van der Waals surface area contributed by atoms with Crippen molar-refractivity contribution in [1.82, 2.24) is 9.55 Å². The number of halogens is 2. The van der Waals surface area contributed by atoms with E-state index in [4.69, 9.17) is 28.6 Å². The topological polar surface area (TPSA) is 29.9 Å². The average molecular weight is 317 g/mol. The van der Waals surface area contributed by atoms with E-state index in [0.29, 0.717) is 29.4 Å². The van der Waals surface area contributed by atoms with Crippen LogP contribution in [0.4, 0.5) is 4.39 Å². The van der Waals surface area contributed by atoms with E-state index in [1.807, 2.05) is 4.57 Å². The van der Waals surface area contributed by atoms with E-state index in [-0.39, 0.29) is 5.02 Å². The molecule has 0 atom stereocenters. The Morgan fingerprint density at radius 1 is 1.40 bits per heavy atom. The van der Waals surface area contributed by atoms with Gasteiger partial charge in [-0.3, -0.25) is 0 Å². The van der Waals surface area contributed by atoms with Crippen LogP contribution in [-0.2, 0) is 11.3 Å². The summed E-state index contributed by atoms with van der Waals surface area (Å²) in [4.78, 5) is 3.03. The highest BCUT2D eigenvalue weighted by Crippen LogP contribution is 2.22. The number of H-pyrrole nitrogens is 1. The lowest BCUT2D eigenvalue weighted by atomic mass is 10.1. The second kappa shape index (κ2) is 6.70. The van der Waals surface area contributed by atoms with E-state index in [1.165, 1.54) is 6.07 Å². The standard InChI is InChI=1S/C14H18ClFN2OS/c1-9(2)3-5-19-6-4-18-13-8-11(16)10(15)7-12(13)17-14(18)20/h7-9H,3-6H2,1-2H3,(H,17,20). The molecule has 0 aliphatic rings. The first kappa shape index (κ1) is 15.5. The van der Waals surface area contributed by atoms with Crippen LogP contribution in [-0.4, -0.2) is 22.8 Å². The van der Waals surface area contributed by atoms with Crippen LogP contribution < -0.4 is 0 Å². The van der Waals surface area contributed by atoms with Gasteiger partial charge in [0.05, 0.1) is 22.7 Å². The highest BCUT2D eigenvalue weighted by molar-refractivity contribution is 7.71. The van der Waals surface area contributed by atoms with Crippen LogP contribution in [0.15, 0.2) is 12.1 Å². The minimum absolute atomic E-state index is 0.0917. The van der Waals surface area contributed by atoms with Crippen LogP contribution in [0.2, 0.25) is 5.02 Å². The van der Waals surface area contributed by atoms with Crippen LogP contribution in [0, 0.1) is 16.5 Å². The zero-order chi connectivity index (χ0) is 14.7. The summed E-state index contributed by atoms with van der Waals surface area (Å²) in [5.41, 5.74) is 1.45. The van der Waals surface area contributed by atoms with Crippen molar-refractivity contribution in [3.8, 4) is 0 Å². The fourth-order valence-electron chi connectivity index (χ4n) is 1.95. The molecule has 0 fully saturated rings. The summed E-state index contributed by atoms with van der Waals surface area (Å²) in [7, 11) is 0. The van der Waals surface area contributed by atoms with E-state index in [0.717, 1.165) is 18.5 Å². The fraction of sp³-hybridized carbons (Fsp3) is 0.500. The van der Waals surface area contributed by atoms with Gasteiger partial charge in [0.1, 0.15) is 5.82 Å². The molecule has 1 aromatic heterocycles. The minimum Gasteiger partial charge on any atom is -0.380 e. The molecule has 0 bridgehead atoms. The van der Waals surface area contributed by atoms with Gasteiger partial charge >= 0.3 is 0 Å². The quantitative estimate of drug-likeness (QED) is 0.625. The predicted octanol–water partition coefficient (Wildman–Crippen LogP) is 4.55. The van der Waals surface area contributed by atoms with Crippen LogP contribution in [0.25, 0.3) is 11.0 Å². The molecule has 20 heavy (non-hydrogen) atoms. The Bertz CT molecular complexity index is 650. The van der Waals surface area contributed by atoms with E-state index >= 15 is 0 Å². The van der Waals surface area contributed by atoms with Gasteiger partial charge in [-0.05, 0) is 30.6 Å². The molecule has 1 N–H and O–H groups in total. The van der Waals surface area contributed by atoms with Crippen molar-refractivity contribution in [1.29, 1.82) is 0 Å². The first-order chi connectivity index (χ1) is 9.49. The molecule has 2 rings (SSSR count). The van der Waals surface area contributed by atoms with E-state index < -0.39 is 5.82 Å². The van der Waals surface area contributed by atoms with Gasteiger partial charge in [0.15, 0.2) is 4.77 Å². The molecule has 0 radical (unpaired) electrons. The van der Waals surface area contributed by atoms with E-state index in [2.05, 4.69) is 18.8 Å². The fourth-order valence-corrected chi connectivity index (χ4v) is 2.41. The van der Waals surface area contributed by atoms with E-state index in [1.54, 1.807) is 6.07 Å². The number of hydrogen-bond donors (Lipinski definition) is 1. The molecule has 0 aliphatic carbocycles. The summed E-state index contributed by atoms with van der Waals surface area (Å²) in [5, 5.41) is 0.0917. The number of ether oxygens (including phenoxy) is 1. The Morgan fingerprint density at radius 3 is 2.85 bits per heavy atom. The number of benzene rings is 1. The number of rotatable bonds is 6. The molecule has 3 nitrogen and oxygen atoms in total. The largest absolute Gasteiger partial charge is 0.380 e. The first-order valence-corrected chi connectivity index (χ1v) is 7.43. The molecule has 6 heteroatoms. The highest BCUT2D eigenvalue weighted by atomic mass is 35.5. The Balaban J connectivity index is 2.08. The summed E-state index contributed by atoms with van der Waals surface area (Å²) in [6, 6.07) is 2.95. The molecule has 0 saturated heterocycles. The van der Waals surface area contributed by atoms with Crippen molar-refractivity contribution in [2.75, 3.05) is 13.2 Å². The molecule has 0 spiro atoms. The van der Waals surface area contributed by atoms with Gasteiger partial charge in [0.2, 0.25) is 0 Å². The van der Waals surface area contributed by atoms with Crippen molar-refractivity contribution < 1.29 is 9.13 Å². The Morgan fingerprint density at radius 2 is 2.15 bits per heavy atom. The number of nitrogens with zero attached hydrogens (tertiary/aromatic N) is 1. The molecule has 0 aliphatic heterocycles. The van der Waals surface area contributed by atoms with Crippen molar-refractivity contribution in [2.24, 2.45) is 5.92 Å². The van der Waals surface area contributed by atoms with Crippen LogP contribution in [0.3, 0.4) is 0 Å². The summed E-state index contributed by atoms with van der Waals surface area (Å²) in [5.74, 6) is 0.184. The number of aromatic amines is 1. The third-order valence-corrected chi connectivity index (χ3v) is 3.73. The second-order valence-corrected chi connectivity index (χ2v) is 5.95. The maximum absolute atomic E-state index is 13.5. The molecule has 2 aromatic rings. The number of hydrogen-bond acceptors (Lipinski definition) is 2. The summed E-state index contributed by atoms with van der Waals surface area (Å²) in [6.07, 6.45) is 1.03. The summed E-state index contributed by atoms with van der Waals surface area (Å²) < 4.78 is 21.5. The number of aromatic nitrogens is 2. The number of fused-ring (bicyclic) bond motifs is 1. The van der Waals surface area contributed by atoms with Gasteiger partial charge in [0, 0.05) is 19.2 Å². The van der Waals surface area contributed by atoms with Crippen molar-refractivity contribution in [3.05, 3.63) is 27.7 Å². The lowest BCUT2D eigenvalue weighted by molar-refractivity contribution is 0.116. The first-order valence-electron chi connectivity index (χ1n) is 6.64. The molecule has 1 aromatic carbocycles. The SMILES string of the molecule is CC(C)CCOCCn1c(=S)[nH]c2cc(Cl)c(F)cc21. The maximum Gasteiger partial charge on any atom is 0.178 e. The second-order valence-electron chi connectivity index (χ2n) is 5.16. The van der Waals surface area contributed by atoms with Crippen LogP contribution >= 0.6 is 23.8 Å². The van der Waals surface area contributed by atoms with Gasteiger partial charge in [-0.2, -0.15) is 0 Å². The van der Waals surface area contributed by atoms with Gasteiger partial charge in [-0.15, -0.1) is 0 Å².